The molecule has 0 aliphatic heterocycles. The first-order valence-electron chi connectivity index (χ1n) is 5.94. The van der Waals surface area contributed by atoms with Crippen LogP contribution in [0.5, 0.6) is 0 Å². The number of nitro groups is 1. The largest absolute Gasteiger partial charge is 0.279 e. The zero-order valence-corrected chi connectivity index (χ0v) is 9.95. The van der Waals surface area contributed by atoms with Gasteiger partial charge in [0.15, 0.2) is 0 Å². The van der Waals surface area contributed by atoms with Crippen molar-refractivity contribution in [3.63, 3.8) is 0 Å². The first-order chi connectivity index (χ1) is 8.75. The molecule has 2 rings (SSSR count). The summed E-state index contributed by atoms with van der Waals surface area (Å²) in [5.41, 5.74) is 3.52. The maximum absolute atomic E-state index is 10.6. The Hall–Kier alpha value is -2.17. The minimum Gasteiger partial charge on any atom is -0.279 e. The van der Waals surface area contributed by atoms with Crippen molar-refractivity contribution < 1.29 is 4.92 Å². The molecule has 1 aliphatic rings. The molecule has 1 aliphatic carbocycles. The van der Waals surface area contributed by atoms with E-state index < -0.39 is 4.92 Å². The molecule has 0 fully saturated rings. The van der Waals surface area contributed by atoms with Crippen LogP contribution >= 0.6 is 0 Å². The van der Waals surface area contributed by atoms with E-state index in [9.17, 15) is 10.1 Å². The third-order valence-electron chi connectivity index (χ3n) is 2.85. The SMILES string of the molecule is O=[N+]([O-])c1cccc(NN=CC2CC=CCC2)c1. The molecule has 0 saturated heterocycles. The number of allylic oxidation sites excluding steroid dienone is 2. The molecule has 0 radical (unpaired) electrons. The second kappa shape index (κ2) is 5.95. The number of benzene rings is 1. The lowest BCUT2D eigenvalue weighted by atomic mass is 9.96. The molecule has 0 amide bonds. The highest BCUT2D eigenvalue weighted by Gasteiger charge is 2.07. The number of nitrogens with one attached hydrogen (secondary N) is 1. The summed E-state index contributed by atoms with van der Waals surface area (Å²) in [5.74, 6) is 0.459. The average Bonchev–Trinajstić information content (AvgIpc) is 2.40. The Kier molecular flexibility index (Phi) is 4.06. The Morgan fingerprint density at radius 1 is 1.44 bits per heavy atom. The van der Waals surface area contributed by atoms with Crippen LogP contribution in [0.2, 0.25) is 0 Å². The molecule has 94 valence electrons. The summed E-state index contributed by atoms with van der Waals surface area (Å²) in [4.78, 5) is 10.2. The first kappa shape index (κ1) is 12.3. The van der Waals surface area contributed by atoms with Crippen LogP contribution in [0.15, 0.2) is 41.5 Å². The van der Waals surface area contributed by atoms with Crippen molar-refractivity contribution in [2.75, 3.05) is 5.43 Å². The monoisotopic (exact) mass is 245 g/mol. The standard InChI is InChI=1S/C13H15N3O2/c17-16(18)13-8-4-7-12(9-13)15-14-10-11-5-2-1-3-6-11/h1-2,4,7-11,15H,3,5-6H2. The minimum absolute atomic E-state index is 0.0656. The average molecular weight is 245 g/mol. The van der Waals surface area contributed by atoms with E-state index in [-0.39, 0.29) is 5.69 Å². The number of nitrogens with zero attached hydrogens (tertiary/aromatic N) is 2. The maximum atomic E-state index is 10.6. The maximum Gasteiger partial charge on any atom is 0.271 e. The van der Waals surface area contributed by atoms with Gasteiger partial charge in [0, 0.05) is 18.3 Å². The zero-order valence-electron chi connectivity index (χ0n) is 9.95. The number of hydrogen-bond acceptors (Lipinski definition) is 4. The van der Waals surface area contributed by atoms with Crippen molar-refractivity contribution in [2.24, 2.45) is 11.0 Å². The van der Waals surface area contributed by atoms with Gasteiger partial charge in [0.1, 0.15) is 0 Å². The molecule has 0 heterocycles. The summed E-state index contributed by atoms with van der Waals surface area (Å²) in [6.07, 6.45) is 9.43. The fourth-order valence-electron chi connectivity index (χ4n) is 1.86. The highest BCUT2D eigenvalue weighted by Crippen LogP contribution is 2.18. The predicted molar refractivity (Wildman–Crippen MR) is 71.7 cm³/mol. The molecule has 0 saturated carbocycles. The highest BCUT2D eigenvalue weighted by molar-refractivity contribution is 5.63. The molecular weight excluding hydrogens is 230 g/mol. The van der Waals surface area contributed by atoms with E-state index in [1.807, 2.05) is 6.21 Å². The van der Waals surface area contributed by atoms with Gasteiger partial charge in [-0.05, 0) is 31.2 Å². The highest BCUT2D eigenvalue weighted by atomic mass is 16.6. The first-order valence-corrected chi connectivity index (χ1v) is 5.94. The summed E-state index contributed by atoms with van der Waals surface area (Å²) >= 11 is 0. The molecule has 18 heavy (non-hydrogen) atoms. The Bertz CT molecular complexity index is 483. The lowest BCUT2D eigenvalue weighted by Crippen LogP contribution is -2.05. The third kappa shape index (κ3) is 3.41. The summed E-state index contributed by atoms with van der Waals surface area (Å²) in [5, 5.41) is 14.7. The van der Waals surface area contributed by atoms with Crippen LogP contribution in [0.1, 0.15) is 19.3 Å². The Labute approximate surface area is 105 Å². The topological polar surface area (TPSA) is 67.5 Å². The predicted octanol–water partition coefficient (Wildman–Crippen LogP) is 3.35. The van der Waals surface area contributed by atoms with Crippen LogP contribution in [0.4, 0.5) is 11.4 Å². The minimum atomic E-state index is -0.416. The Balaban J connectivity index is 1.93. The zero-order chi connectivity index (χ0) is 12.8. The lowest BCUT2D eigenvalue weighted by Gasteiger charge is -2.11. The quantitative estimate of drug-likeness (QED) is 0.383. The summed E-state index contributed by atoms with van der Waals surface area (Å²) < 4.78 is 0. The van der Waals surface area contributed by atoms with Crippen LogP contribution in [0.25, 0.3) is 0 Å². The van der Waals surface area contributed by atoms with Crippen molar-refractivity contribution in [2.45, 2.75) is 19.3 Å². The molecule has 0 spiro atoms. The van der Waals surface area contributed by atoms with Crippen molar-refractivity contribution in [1.29, 1.82) is 0 Å². The second-order valence-corrected chi connectivity index (χ2v) is 4.24. The fraction of sp³-hybridized carbons (Fsp3) is 0.308. The molecule has 5 heteroatoms. The number of rotatable bonds is 4. The van der Waals surface area contributed by atoms with Gasteiger partial charge < -0.3 is 0 Å². The molecule has 5 nitrogen and oxygen atoms in total. The molecule has 1 unspecified atom stereocenters. The van der Waals surface area contributed by atoms with Crippen LogP contribution in [-0.2, 0) is 0 Å². The number of hydrazone groups is 1. The third-order valence-corrected chi connectivity index (χ3v) is 2.85. The van der Waals surface area contributed by atoms with Crippen LogP contribution < -0.4 is 5.43 Å². The van der Waals surface area contributed by atoms with Gasteiger partial charge in [-0.25, -0.2) is 0 Å². The smallest absolute Gasteiger partial charge is 0.271 e. The van der Waals surface area contributed by atoms with Gasteiger partial charge in [0.2, 0.25) is 0 Å². The van der Waals surface area contributed by atoms with Crippen molar-refractivity contribution in [3.05, 3.63) is 46.5 Å². The van der Waals surface area contributed by atoms with Gasteiger partial charge in [0.05, 0.1) is 10.6 Å². The Morgan fingerprint density at radius 3 is 3.06 bits per heavy atom. The second-order valence-electron chi connectivity index (χ2n) is 4.24. The van der Waals surface area contributed by atoms with Crippen LogP contribution in [0.3, 0.4) is 0 Å². The van der Waals surface area contributed by atoms with Crippen molar-refractivity contribution >= 4 is 17.6 Å². The van der Waals surface area contributed by atoms with E-state index in [4.69, 9.17) is 0 Å². The van der Waals surface area contributed by atoms with Crippen molar-refractivity contribution in [1.82, 2.24) is 0 Å². The number of hydrogen-bond donors (Lipinski definition) is 1. The fourth-order valence-corrected chi connectivity index (χ4v) is 1.86. The summed E-state index contributed by atoms with van der Waals surface area (Å²) in [6.45, 7) is 0. The number of anilines is 1. The molecule has 1 aromatic carbocycles. The van der Waals surface area contributed by atoms with Crippen LogP contribution in [0, 0.1) is 16.0 Å². The van der Waals surface area contributed by atoms with Gasteiger partial charge >= 0.3 is 0 Å². The van der Waals surface area contributed by atoms with E-state index in [2.05, 4.69) is 22.7 Å². The number of non-ortho nitro benzene ring substituents is 1. The van der Waals surface area contributed by atoms with Gasteiger partial charge in [-0.15, -0.1) is 0 Å². The van der Waals surface area contributed by atoms with Gasteiger partial charge in [-0.2, -0.15) is 5.10 Å². The lowest BCUT2D eigenvalue weighted by molar-refractivity contribution is -0.384. The molecule has 1 N–H and O–H groups in total. The number of nitro benzene ring substituents is 1. The van der Waals surface area contributed by atoms with Crippen molar-refractivity contribution in [3.8, 4) is 0 Å². The van der Waals surface area contributed by atoms with E-state index in [1.165, 1.54) is 12.1 Å². The summed E-state index contributed by atoms with van der Waals surface area (Å²) in [6, 6.07) is 6.32. The van der Waals surface area contributed by atoms with Gasteiger partial charge in [-0.1, -0.05) is 18.2 Å². The summed E-state index contributed by atoms with van der Waals surface area (Å²) in [7, 11) is 0. The Morgan fingerprint density at radius 2 is 2.33 bits per heavy atom. The van der Waals surface area contributed by atoms with Gasteiger partial charge in [0.25, 0.3) is 5.69 Å². The molecule has 0 bridgehead atoms. The molecular formula is C13H15N3O2. The van der Waals surface area contributed by atoms with Gasteiger partial charge in [-0.3, -0.25) is 15.5 Å². The molecule has 1 aromatic rings. The van der Waals surface area contributed by atoms with E-state index >= 15 is 0 Å². The van der Waals surface area contributed by atoms with Crippen LogP contribution in [-0.4, -0.2) is 11.1 Å². The molecule has 0 aromatic heterocycles. The normalized spacial score (nSPS) is 19.0. The molecule has 1 atom stereocenters. The van der Waals surface area contributed by atoms with E-state index in [0.717, 1.165) is 19.3 Å². The van der Waals surface area contributed by atoms with E-state index in [1.54, 1.807) is 12.1 Å². The van der Waals surface area contributed by atoms with E-state index in [0.29, 0.717) is 11.6 Å².